The van der Waals surface area contributed by atoms with E-state index in [4.69, 9.17) is 0 Å². The summed E-state index contributed by atoms with van der Waals surface area (Å²) in [6, 6.07) is 2.81. The number of hydrogen-bond acceptors (Lipinski definition) is 2. The van der Waals surface area contributed by atoms with Crippen molar-refractivity contribution in [3.8, 4) is 0 Å². The highest BCUT2D eigenvalue weighted by atomic mass is 79.9. The van der Waals surface area contributed by atoms with Crippen molar-refractivity contribution in [3.63, 3.8) is 0 Å². The van der Waals surface area contributed by atoms with Gasteiger partial charge < -0.3 is 5.32 Å². The van der Waals surface area contributed by atoms with Gasteiger partial charge in [-0.25, -0.2) is 4.98 Å². The van der Waals surface area contributed by atoms with Crippen LogP contribution in [0.4, 0.5) is 0 Å². The summed E-state index contributed by atoms with van der Waals surface area (Å²) in [5.41, 5.74) is 3.94. The fourth-order valence-electron chi connectivity index (χ4n) is 2.63. The van der Waals surface area contributed by atoms with E-state index in [-0.39, 0.29) is 0 Å². The molecule has 16 heavy (non-hydrogen) atoms. The molecule has 3 rings (SSSR count). The van der Waals surface area contributed by atoms with Gasteiger partial charge in [0.25, 0.3) is 0 Å². The normalized spacial score (nSPS) is 28.0. The average molecular weight is 279 g/mol. The highest BCUT2D eigenvalue weighted by molar-refractivity contribution is 9.10. The number of allylic oxidation sites excluding steroid dienone is 1. The molecular formula is C13H15BrN2. The third-order valence-corrected chi connectivity index (χ3v) is 4.49. The van der Waals surface area contributed by atoms with Gasteiger partial charge in [-0.3, -0.25) is 0 Å². The van der Waals surface area contributed by atoms with Crippen LogP contribution in [-0.2, 0) is 0 Å². The van der Waals surface area contributed by atoms with E-state index in [1.807, 2.05) is 6.20 Å². The highest BCUT2D eigenvalue weighted by Gasteiger charge is 2.35. The molecule has 0 unspecified atom stereocenters. The molecule has 1 fully saturated rings. The van der Waals surface area contributed by atoms with Gasteiger partial charge in [-0.15, -0.1) is 0 Å². The minimum atomic E-state index is 0.580. The summed E-state index contributed by atoms with van der Waals surface area (Å²) < 4.78 is 0.950. The Balaban J connectivity index is 1.96. The Labute approximate surface area is 104 Å². The number of aryl methyl sites for hydroxylation is 1. The van der Waals surface area contributed by atoms with E-state index in [2.05, 4.69) is 45.3 Å². The Morgan fingerprint density at radius 1 is 1.50 bits per heavy atom. The molecule has 1 aromatic rings. The summed E-state index contributed by atoms with van der Waals surface area (Å²) >= 11 is 3.45. The quantitative estimate of drug-likeness (QED) is 0.799. The lowest BCUT2D eigenvalue weighted by Gasteiger charge is -2.42. The van der Waals surface area contributed by atoms with Crippen molar-refractivity contribution in [1.82, 2.24) is 10.3 Å². The van der Waals surface area contributed by atoms with Crippen LogP contribution in [0.5, 0.6) is 0 Å². The smallest absolute Gasteiger partial charge is 0.109 e. The third-order valence-electron chi connectivity index (χ3n) is 3.66. The Kier molecular flexibility index (Phi) is 2.60. The zero-order chi connectivity index (χ0) is 11.1. The standard InChI is InChI=1S/C13H15BrN2/c1-8-5-10(7-16-13(8)14)11-4-2-3-9-6-15-12(9)11/h4-5,7,9,12,15H,2-3,6H2,1H3/t9-,12+/m0/s1. The molecule has 0 bridgehead atoms. The molecule has 0 amide bonds. The van der Waals surface area contributed by atoms with Crippen LogP contribution in [0.3, 0.4) is 0 Å². The van der Waals surface area contributed by atoms with Gasteiger partial charge in [0, 0.05) is 18.8 Å². The maximum absolute atomic E-state index is 4.39. The van der Waals surface area contributed by atoms with Crippen LogP contribution in [0.15, 0.2) is 22.9 Å². The van der Waals surface area contributed by atoms with E-state index in [0.717, 1.165) is 10.5 Å². The lowest BCUT2D eigenvalue weighted by molar-refractivity contribution is 0.262. The second-order valence-corrected chi connectivity index (χ2v) is 5.47. The molecular weight excluding hydrogens is 264 g/mol. The van der Waals surface area contributed by atoms with Gasteiger partial charge in [0.15, 0.2) is 0 Å². The lowest BCUT2D eigenvalue weighted by atomic mass is 9.76. The maximum Gasteiger partial charge on any atom is 0.109 e. The zero-order valence-electron chi connectivity index (χ0n) is 9.33. The van der Waals surface area contributed by atoms with Gasteiger partial charge in [0.2, 0.25) is 0 Å². The number of pyridine rings is 1. The summed E-state index contributed by atoms with van der Waals surface area (Å²) in [5.74, 6) is 0.851. The van der Waals surface area contributed by atoms with Crippen LogP contribution in [0, 0.1) is 12.8 Å². The Morgan fingerprint density at radius 3 is 3.06 bits per heavy atom. The molecule has 1 N–H and O–H groups in total. The van der Waals surface area contributed by atoms with Crippen LogP contribution in [0.1, 0.15) is 24.0 Å². The van der Waals surface area contributed by atoms with Crippen molar-refractivity contribution in [2.24, 2.45) is 5.92 Å². The Hall–Kier alpha value is -0.670. The van der Waals surface area contributed by atoms with E-state index >= 15 is 0 Å². The highest BCUT2D eigenvalue weighted by Crippen LogP contribution is 2.36. The van der Waals surface area contributed by atoms with E-state index in [9.17, 15) is 0 Å². The third kappa shape index (κ3) is 1.62. The summed E-state index contributed by atoms with van der Waals surface area (Å²) in [7, 11) is 0. The van der Waals surface area contributed by atoms with Crippen LogP contribution in [-0.4, -0.2) is 17.6 Å². The molecule has 1 aliphatic heterocycles. The van der Waals surface area contributed by atoms with E-state index in [1.165, 1.54) is 36.1 Å². The largest absolute Gasteiger partial charge is 0.309 e. The summed E-state index contributed by atoms with van der Waals surface area (Å²) in [6.07, 6.45) is 6.90. The van der Waals surface area contributed by atoms with Crippen LogP contribution >= 0.6 is 15.9 Å². The van der Waals surface area contributed by atoms with Crippen molar-refractivity contribution in [3.05, 3.63) is 34.1 Å². The molecule has 1 aliphatic carbocycles. The second-order valence-electron chi connectivity index (χ2n) is 4.71. The number of fused-ring (bicyclic) bond motifs is 1. The van der Waals surface area contributed by atoms with Crippen LogP contribution < -0.4 is 5.32 Å². The molecule has 0 aromatic carbocycles. The maximum atomic E-state index is 4.39. The number of nitrogens with one attached hydrogen (secondary N) is 1. The van der Waals surface area contributed by atoms with Crippen molar-refractivity contribution >= 4 is 21.5 Å². The predicted molar refractivity (Wildman–Crippen MR) is 69.2 cm³/mol. The minimum absolute atomic E-state index is 0.580. The first-order valence-corrected chi connectivity index (χ1v) is 6.61. The van der Waals surface area contributed by atoms with Crippen molar-refractivity contribution in [2.75, 3.05) is 6.54 Å². The SMILES string of the molecule is Cc1cc(C2=CCC[C@H]3CN[C@@H]23)cnc1Br. The Morgan fingerprint density at radius 2 is 2.38 bits per heavy atom. The zero-order valence-corrected chi connectivity index (χ0v) is 10.9. The first-order chi connectivity index (χ1) is 7.75. The van der Waals surface area contributed by atoms with Crippen molar-refractivity contribution in [1.29, 1.82) is 0 Å². The Bertz CT molecular complexity index is 453. The molecule has 0 radical (unpaired) electrons. The van der Waals surface area contributed by atoms with Crippen LogP contribution in [0.2, 0.25) is 0 Å². The fourth-order valence-corrected chi connectivity index (χ4v) is 2.85. The molecule has 1 aromatic heterocycles. The monoisotopic (exact) mass is 278 g/mol. The predicted octanol–water partition coefficient (Wildman–Crippen LogP) is 2.92. The fraction of sp³-hybridized carbons (Fsp3) is 0.462. The molecule has 84 valence electrons. The van der Waals surface area contributed by atoms with Gasteiger partial charge in [0.05, 0.1) is 0 Å². The topological polar surface area (TPSA) is 24.9 Å². The first kappa shape index (κ1) is 10.5. The molecule has 0 saturated carbocycles. The summed E-state index contributed by atoms with van der Waals surface area (Å²) in [5, 5.41) is 3.52. The number of rotatable bonds is 1. The lowest BCUT2D eigenvalue weighted by Crippen LogP contribution is -2.54. The molecule has 2 aliphatic rings. The average Bonchev–Trinajstić information content (AvgIpc) is 2.24. The molecule has 0 spiro atoms. The van der Waals surface area contributed by atoms with E-state index in [1.54, 1.807) is 0 Å². The molecule has 1 saturated heterocycles. The molecule has 2 heterocycles. The summed E-state index contributed by atoms with van der Waals surface area (Å²) in [4.78, 5) is 4.39. The van der Waals surface area contributed by atoms with Crippen LogP contribution in [0.25, 0.3) is 5.57 Å². The first-order valence-electron chi connectivity index (χ1n) is 5.81. The van der Waals surface area contributed by atoms with Gasteiger partial charge in [0.1, 0.15) is 4.60 Å². The second kappa shape index (κ2) is 3.97. The molecule has 2 nitrogen and oxygen atoms in total. The van der Waals surface area contributed by atoms with Crippen molar-refractivity contribution in [2.45, 2.75) is 25.8 Å². The molecule has 3 heteroatoms. The number of nitrogens with zero attached hydrogens (tertiary/aromatic N) is 1. The van der Waals surface area contributed by atoms with E-state index in [0.29, 0.717) is 6.04 Å². The number of aromatic nitrogens is 1. The van der Waals surface area contributed by atoms with E-state index < -0.39 is 0 Å². The van der Waals surface area contributed by atoms with Gasteiger partial charge in [-0.05, 0) is 64.4 Å². The van der Waals surface area contributed by atoms with Gasteiger partial charge in [-0.1, -0.05) is 6.08 Å². The van der Waals surface area contributed by atoms with Gasteiger partial charge >= 0.3 is 0 Å². The van der Waals surface area contributed by atoms with Crippen molar-refractivity contribution < 1.29 is 0 Å². The number of halogens is 1. The molecule has 2 atom stereocenters. The summed E-state index contributed by atoms with van der Waals surface area (Å²) in [6.45, 7) is 3.28. The number of hydrogen-bond donors (Lipinski definition) is 1. The minimum Gasteiger partial charge on any atom is -0.309 e. The van der Waals surface area contributed by atoms with Gasteiger partial charge in [-0.2, -0.15) is 0 Å².